The number of benzene rings is 1. The van der Waals surface area contributed by atoms with Crippen LogP contribution in [-0.2, 0) is 11.3 Å². The molecule has 0 saturated heterocycles. The standard InChI is InChI=1S/C16H23NO2/c1-3-11-17(12-4-2)13-15-7-5-14(6-8-15)9-10-16(18)19/h5-10H,3-4,11-13H2,1-2H3,(H,18,19). The van der Waals surface area contributed by atoms with Gasteiger partial charge in [0.05, 0.1) is 0 Å². The average Bonchev–Trinajstić information content (AvgIpc) is 2.38. The number of carboxylic acids is 1. The first-order valence-corrected chi connectivity index (χ1v) is 6.88. The van der Waals surface area contributed by atoms with Gasteiger partial charge in [-0.1, -0.05) is 38.1 Å². The highest BCUT2D eigenvalue weighted by atomic mass is 16.4. The van der Waals surface area contributed by atoms with E-state index in [1.807, 2.05) is 12.1 Å². The van der Waals surface area contributed by atoms with Gasteiger partial charge in [-0.2, -0.15) is 0 Å². The lowest BCUT2D eigenvalue weighted by molar-refractivity contribution is -0.131. The third kappa shape index (κ3) is 6.20. The highest BCUT2D eigenvalue weighted by Gasteiger charge is 2.03. The fourth-order valence-corrected chi connectivity index (χ4v) is 2.06. The molecule has 1 rings (SSSR count). The molecular weight excluding hydrogens is 238 g/mol. The lowest BCUT2D eigenvalue weighted by Gasteiger charge is -2.20. The fraction of sp³-hybridized carbons (Fsp3) is 0.438. The molecule has 3 nitrogen and oxygen atoms in total. The van der Waals surface area contributed by atoms with Crippen molar-refractivity contribution in [2.45, 2.75) is 33.2 Å². The summed E-state index contributed by atoms with van der Waals surface area (Å²) in [7, 11) is 0. The minimum atomic E-state index is -0.916. The Morgan fingerprint density at radius 3 is 2.21 bits per heavy atom. The van der Waals surface area contributed by atoms with Crippen molar-refractivity contribution >= 4 is 12.0 Å². The molecule has 0 aromatic heterocycles. The Hall–Kier alpha value is -1.61. The van der Waals surface area contributed by atoms with Crippen molar-refractivity contribution in [3.63, 3.8) is 0 Å². The van der Waals surface area contributed by atoms with E-state index in [4.69, 9.17) is 5.11 Å². The quantitative estimate of drug-likeness (QED) is 0.729. The maximum atomic E-state index is 10.4. The third-order valence-electron chi connectivity index (χ3n) is 2.88. The van der Waals surface area contributed by atoms with Gasteiger partial charge < -0.3 is 5.11 Å². The van der Waals surface area contributed by atoms with Crippen molar-refractivity contribution in [1.29, 1.82) is 0 Å². The summed E-state index contributed by atoms with van der Waals surface area (Å²) in [5.74, 6) is -0.916. The van der Waals surface area contributed by atoms with Gasteiger partial charge in [0.1, 0.15) is 0 Å². The topological polar surface area (TPSA) is 40.5 Å². The zero-order valence-electron chi connectivity index (χ0n) is 11.8. The summed E-state index contributed by atoms with van der Waals surface area (Å²) in [5.41, 5.74) is 2.19. The molecule has 1 aromatic rings. The third-order valence-corrected chi connectivity index (χ3v) is 2.88. The van der Waals surface area contributed by atoms with Crippen LogP contribution in [0.1, 0.15) is 37.8 Å². The van der Waals surface area contributed by atoms with E-state index in [1.54, 1.807) is 6.08 Å². The molecule has 0 bridgehead atoms. The molecule has 0 spiro atoms. The summed E-state index contributed by atoms with van der Waals surface area (Å²) >= 11 is 0. The normalized spacial score (nSPS) is 11.3. The smallest absolute Gasteiger partial charge is 0.328 e. The average molecular weight is 261 g/mol. The molecule has 0 heterocycles. The lowest BCUT2D eigenvalue weighted by Crippen LogP contribution is -2.24. The Bertz CT molecular complexity index is 403. The number of rotatable bonds is 8. The Kier molecular flexibility index (Phi) is 6.90. The lowest BCUT2D eigenvalue weighted by atomic mass is 10.1. The van der Waals surface area contributed by atoms with Crippen molar-refractivity contribution in [2.24, 2.45) is 0 Å². The van der Waals surface area contributed by atoms with E-state index in [-0.39, 0.29) is 0 Å². The van der Waals surface area contributed by atoms with Crippen LogP contribution >= 0.6 is 0 Å². The molecule has 0 radical (unpaired) electrons. The van der Waals surface area contributed by atoms with Crippen molar-refractivity contribution < 1.29 is 9.90 Å². The summed E-state index contributed by atoms with van der Waals surface area (Å²) in [6.45, 7) is 7.60. The van der Waals surface area contributed by atoms with Gasteiger partial charge in [-0.3, -0.25) is 4.90 Å². The van der Waals surface area contributed by atoms with E-state index < -0.39 is 5.97 Å². The van der Waals surface area contributed by atoms with E-state index in [1.165, 1.54) is 18.4 Å². The first-order chi connectivity index (χ1) is 9.15. The summed E-state index contributed by atoms with van der Waals surface area (Å²) in [6, 6.07) is 8.06. The van der Waals surface area contributed by atoms with Crippen LogP contribution in [0.3, 0.4) is 0 Å². The molecule has 3 heteroatoms. The van der Waals surface area contributed by atoms with Crippen LogP contribution in [0.15, 0.2) is 30.3 Å². The van der Waals surface area contributed by atoms with Gasteiger partial charge in [-0.25, -0.2) is 4.79 Å². The Morgan fingerprint density at radius 2 is 1.74 bits per heavy atom. The molecule has 1 N–H and O–H groups in total. The number of nitrogens with zero attached hydrogens (tertiary/aromatic N) is 1. The number of carbonyl (C=O) groups is 1. The van der Waals surface area contributed by atoms with E-state index in [9.17, 15) is 4.79 Å². The van der Waals surface area contributed by atoms with Crippen LogP contribution in [0.5, 0.6) is 0 Å². The van der Waals surface area contributed by atoms with Crippen LogP contribution in [0.2, 0.25) is 0 Å². The van der Waals surface area contributed by atoms with Crippen LogP contribution < -0.4 is 0 Å². The van der Waals surface area contributed by atoms with Gasteiger partial charge in [-0.05, 0) is 43.1 Å². The SMILES string of the molecule is CCCN(CCC)Cc1ccc(C=CC(=O)O)cc1. The molecule has 0 aliphatic rings. The molecule has 0 aliphatic carbocycles. The molecule has 0 fully saturated rings. The maximum absolute atomic E-state index is 10.4. The first kappa shape index (κ1) is 15.4. The van der Waals surface area contributed by atoms with E-state index in [0.717, 1.165) is 31.3 Å². The van der Waals surface area contributed by atoms with E-state index in [2.05, 4.69) is 30.9 Å². The van der Waals surface area contributed by atoms with Gasteiger partial charge in [0.2, 0.25) is 0 Å². The highest BCUT2D eigenvalue weighted by Crippen LogP contribution is 2.10. The van der Waals surface area contributed by atoms with Gasteiger partial charge in [0, 0.05) is 12.6 Å². The molecule has 0 unspecified atom stereocenters. The maximum Gasteiger partial charge on any atom is 0.328 e. The van der Waals surface area contributed by atoms with Gasteiger partial charge >= 0.3 is 5.97 Å². The number of carboxylic acid groups (broad SMARTS) is 1. The second kappa shape index (κ2) is 8.48. The van der Waals surface area contributed by atoms with Gasteiger partial charge in [0.25, 0.3) is 0 Å². The largest absolute Gasteiger partial charge is 0.478 e. The van der Waals surface area contributed by atoms with Crippen LogP contribution in [0, 0.1) is 0 Å². The van der Waals surface area contributed by atoms with Gasteiger partial charge in [-0.15, -0.1) is 0 Å². The second-order valence-corrected chi connectivity index (χ2v) is 4.69. The van der Waals surface area contributed by atoms with E-state index >= 15 is 0 Å². The zero-order valence-corrected chi connectivity index (χ0v) is 11.8. The Morgan fingerprint density at radius 1 is 1.16 bits per heavy atom. The predicted molar refractivity (Wildman–Crippen MR) is 79.0 cm³/mol. The molecule has 104 valence electrons. The van der Waals surface area contributed by atoms with Crippen molar-refractivity contribution in [1.82, 2.24) is 4.90 Å². The monoisotopic (exact) mass is 261 g/mol. The minimum Gasteiger partial charge on any atom is -0.478 e. The zero-order chi connectivity index (χ0) is 14.1. The first-order valence-electron chi connectivity index (χ1n) is 6.88. The number of hydrogen-bond acceptors (Lipinski definition) is 2. The molecule has 0 amide bonds. The summed E-state index contributed by atoms with van der Waals surface area (Å²) < 4.78 is 0. The summed E-state index contributed by atoms with van der Waals surface area (Å²) in [6.07, 6.45) is 5.11. The highest BCUT2D eigenvalue weighted by molar-refractivity contribution is 5.85. The molecule has 0 saturated carbocycles. The van der Waals surface area contributed by atoms with E-state index in [0.29, 0.717) is 0 Å². The molecular formula is C16H23NO2. The fourth-order valence-electron chi connectivity index (χ4n) is 2.06. The number of aliphatic carboxylic acids is 1. The molecule has 0 aliphatic heterocycles. The molecule has 1 aromatic carbocycles. The molecule has 19 heavy (non-hydrogen) atoms. The van der Waals surface area contributed by atoms with Crippen molar-refractivity contribution in [2.75, 3.05) is 13.1 Å². The Balaban J connectivity index is 2.62. The predicted octanol–water partition coefficient (Wildman–Crippen LogP) is 3.41. The summed E-state index contributed by atoms with van der Waals surface area (Å²) in [4.78, 5) is 12.9. The van der Waals surface area contributed by atoms with Crippen LogP contribution in [0.4, 0.5) is 0 Å². The molecule has 0 atom stereocenters. The summed E-state index contributed by atoms with van der Waals surface area (Å²) in [5, 5.41) is 8.57. The van der Waals surface area contributed by atoms with Crippen LogP contribution in [-0.4, -0.2) is 29.1 Å². The van der Waals surface area contributed by atoms with Crippen LogP contribution in [0.25, 0.3) is 6.08 Å². The number of hydrogen-bond donors (Lipinski definition) is 1. The second-order valence-electron chi connectivity index (χ2n) is 4.69. The van der Waals surface area contributed by atoms with Crippen molar-refractivity contribution in [3.05, 3.63) is 41.5 Å². The van der Waals surface area contributed by atoms with Crippen molar-refractivity contribution in [3.8, 4) is 0 Å². The van der Waals surface area contributed by atoms with Gasteiger partial charge in [0.15, 0.2) is 0 Å². The Labute approximate surface area is 115 Å². The minimum absolute atomic E-state index is 0.916.